The highest BCUT2D eigenvalue weighted by atomic mass is 32.1. The van der Waals surface area contributed by atoms with Crippen molar-refractivity contribution < 1.29 is 9.53 Å². The molecule has 0 spiro atoms. The summed E-state index contributed by atoms with van der Waals surface area (Å²) in [4.78, 5) is 12.8. The first-order valence-electron chi connectivity index (χ1n) is 5.63. The predicted molar refractivity (Wildman–Crippen MR) is 64.6 cm³/mol. The fraction of sp³-hybridized carbons (Fsp3) is 0.583. The molecule has 1 aliphatic rings. The number of thiophene rings is 1. The van der Waals surface area contributed by atoms with Gasteiger partial charge in [-0.25, -0.2) is 0 Å². The van der Waals surface area contributed by atoms with E-state index in [1.807, 2.05) is 0 Å². The third-order valence-corrected chi connectivity index (χ3v) is 3.97. The van der Waals surface area contributed by atoms with Crippen LogP contribution < -0.4 is 5.32 Å². The zero-order chi connectivity index (χ0) is 11.4. The molecule has 1 aromatic rings. The van der Waals surface area contributed by atoms with Gasteiger partial charge in [0.2, 0.25) is 0 Å². The number of ether oxygens (including phenoxy) is 1. The molecule has 0 saturated carbocycles. The number of carbonyl (C=O) groups is 1. The fourth-order valence-corrected chi connectivity index (χ4v) is 3.04. The molecule has 2 unspecified atom stereocenters. The Morgan fingerprint density at radius 3 is 3.25 bits per heavy atom. The summed E-state index contributed by atoms with van der Waals surface area (Å²) < 4.78 is 4.77. The smallest absolute Gasteiger partial charge is 0.322 e. The number of rotatable bonds is 3. The van der Waals surface area contributed by atoms with Gasteiger partial charge >= 0.3 is 5.97 Å². The van der Waals surface area contributed by atoms with E-state index in [9.17, 15) is 4.79 Å². The summed E-state index contributed by atoms with van der Waals surface area (Å²) in [6, 6.07) is 4.14. The van der Waals surface area contributed by atoms with Gasteiger partial charge in [0, 0.05) is 4.88 Å². The predicted octanol–water partition coefficient (Wildman–Crippen LogP) is 1.83. The van der Waals surface area contributed by atoms with Crippen LogP contribution in [0.2, 0.25) is 0 Å². The van der Waals surface area contributed by atoms with Crippen LogP contribution in [0.3, 0.4) is 0 Å². The first-order valence-corrected chi connectivity index (χ1v) is 6.51. The molecule has 0 radical (unpaired) electrons. The lowest BCUT2D eigenvalue weighted by molar-refractivity contribution is -0.144. The van der Waals surface area contributed by atoms with Gasteiger partial charge in [0.1, 0.15) is 6.04 Å². The van der Waals surface area contributed by atoms with E-state index >= 15 is 0 Å². The van der Waals surface area contributed by atoms with E-state index in [1.165, 1.54) is 12.0 Å². The van der Waals surface area contributed by atoms with E-state index in [-0.39, 0.29) is 12.0 Å². The second kappa shape index (κ2) is 5.46. The Labute approximate surface area is 99.8 Å². The maximum atomic E-state index is 11.4. The highest BCUT2D eigenvalue weighted by molar-refractivity contribution is 7.09. The minimum atomic E-state index is -0.129. The highest BCUT2D eigenvalue weighted by Crippen LogP contribution is 2.23. The number of piperidine rings is 1. The molecule has 0 bridgehead atoms. The molecule has 0 aliphatic carbocycles. The third kappa shape index (κ3) is 2.83. The molecule has 3 nitrogen and oxygen atoms in total. The van der Waals surface area contributed by atoms with E-state index in [2.05, 4.69) is 22.8 Å². The molecule has 16 heavy (non-hydrogen) atoms. The Hall–Kier alpha value is -0.870. The van der Waals surface area contributed by atoms with Crippen molar-refractivity contribution in [1.29, 1.82) is 0 Å². The van der Waals surface area contributed by atoms with Crippen molar-refractivity contribution in [2.75, 3.05) is 13.7 Å². The van der Waals surface area contributed by atoms with Gasteiger partial charge in [-0.3, -0.25) is 4.79 Å². The molecule has 1 fully saturated rings. The van der Waals surface area contributed by atoms with Crippen LogP contribution >= 0.6 is 11.3 Å². The van der Waals surface area contributed by atoms with Crippen molar-refractivity contribution in [3.63, 3.8) is 0 Å². The number of hydrogen-bond donors (Lipinski definition) is 1. The first-order chi connectivity index (χ1) is 7.79. The zero-order valence-electron chi connectivity index (χ0n) is 9.44. The maximum absolute atomic E-state index is 11.4. The van der Waals surface area contributed by atoms with Gasteiger partial charge in [-0.1, -0.05) is 6.07 Å². The van der Waals surface area contributed by atoms with E-state index in [0.717, 1.165) is 25.8 Å². The Bertz CT molecular complexity index is 337. The summed E-state index contributed by atoms with van der Waals surface area (Å²) in [7, 11) is 1.45. The van der Waals surface area contributed by atoms with Crippen LogP contribution in [0.25, 0.3) is 0 Å². The Kier molecular flexibility index (Phi) is 3.96. The lowest BCUT2D eigenvalue weighted by Gasteiger charge is -2.28. The molecule has 4 heteroatoms. The van der Waals surface area contributed by atoms with Crippen LogP contribution in [0.5, 0.6) is 0 Å². The number of carbonyl (C=O) groups excluding carboxylic acids is 1. The van der Waals surface area contributed by atoms with Crippen molar-refractivity contribution in [3.05, 3.63) is 22.4 Å². The molecule has 1 aromatic heterocycles. The lowest BCUT2D eigenvalue weighted by Crippen LogP contribution is -2.44. The van der Waals surface area contributed by atoms with Gasteiger partial charge in [0.05, 0.1) is 7.11 Å². The standard InChI is InChI=1S/C12H17NO2S/c1-15-12(14)11-8-9(4-5-13-11)7-10-3-2-6-16-10/h2-3,6,9,11,13H,4-5,7-8H2,1H3. The van der Waals surface area contributed by atoms with Gasteiger partial charge in [-0.2, -0.15) is 0 Å². The van der Waals surface area contributed by atoms with Crippen molar-refractivity contribution in [2.24, 2.45) is 5.92 Å². The van der Waals surface area contributed by atoms with E-state index in [0.29, 0.717) is 5.92 Å². The summed E-state index contributed by atoms with van der Waals surface area (Å²) >= 11 is 1.80. The molecule has 0 aromatic carbocycles. The van der Waals surface area contributed by atoms with Crippen molar-refractivity contribution in [2.45, 2.75) is 25.3 Å². The average Bonchev–Trinajstić information content (AvgIpc) is 2.81. The third-order valence-electron chi connectivity index (χ3n) is 3.07. The summed E-state index contributed by atoms with van der Waals surface area (Å²) in [5, 5.41) is 5.31. The van der Waals surface area contributed by atoms with Crippen molar-refractivity contribution >= 4 is 17.3 Å². The first kappa shape index (κ1) is 11.6. The van der Waals surface area contributed by atoms with Gasteiger partial charge in [-0.15, -0.1) is 11.3 Å². The molecule has 1 aliphatic heterocycles. The Morgan fingerprint density at radius 1 is 1.69 bits per heavy atom. The number of esters is 1. The summed E-state index contributed by atoms with van der Waals surface area (Å²) in [6.07, 6.45) is 3.13. The van der Waals surface area contributed by atoms with Crippen LogP contribution in [0, 0.1) is 5.92 Å². The fourth-order valence-electron chi connectivity index (χ4n) is 2.22. The second-order valence-electron chi connectivity index (χ2n) is 4.20. The second-order valence-corrected chi connectivity index (χ2v) is 5.24. The van der Waals surface area contributed by atoms with E-state index in [1.54, 1.807) is 11.3 Å². The molecule has 1 saturated heterocycles. The number of nitrogens with one attached hydrogen (secondary N) is 1. The molecule has 88 valence electrons. The van der Waals surface area contributed by atoms with E-state index in [4.69, 9.17) is 4.74 Å². The minimum Gasteiger partial charge on any atom is -0.468 e. The minimum absolute atomic E-state index is 0.108. The lowest BCUT2D eigenvalue weighted by atomic mass is 9.89. The average molecular weight is 239 g/mol. The van der Waals surface area contributed by atoms with Crippen LogP contribution in [-0.2, 0) is 16.0 Å². The molecule has 2 heterocycles. The zero-order valence-corrected chi connectivity index (χ0v) is 10.3. The summed E-state index contributed by atoms with van der Waals surface area (Å²) in [5.41, 5.74) is 0. The van der Waals surface area contributed by atoms with Gasteiger partial charge in [0.25, 0.3) is 0 Å². The van der Waals surface area contributed by atoms with Crippen LogP contribution in [-0.4, -0.2) is 25.7 Å². The normalized spacial score (nSPS) is 25.3. The van der Waals surface area contributed by atoms with Gasteiger partial charge in [-0.05, 0) is 43.2 Å². The largest absolute Gasteiger partial charge is 0.468 e. The molecule has 1 N–H and O–H groups in total. The van der Waals surface area contributed by atoms with Crippen LogP contribution in [0.4, 0.5) is 0 Å². The number of hydrogen-bond acceptors (Lipinski definition) is 4. The van der Waals surface area contributed by atoms with Gasteiger partial charge in [0.15, 0.2) is 0 Å². The topological polar surface area (TPSA) is 38.3 Å². The Balaban J connectivity index is 1.89. The monoisotopic (exact) mass is 239 g/mol. The van der Waals surface area contributed by atoms with Crippen LogP contribution in [0.15, 0.2) is 17.5 Å². The molecular weight excluding hydrogens is 222 g/mol. The maximum Gasteiger partial charge on any atom is 0.322 e. The van der Waals surface area contributed by atoms with E-state index < -0.39 is 0 Å². The van der Waals surface area contributed by atoms with Crippen molar-refractivity contribution in [1.82, 2.24) is 5.32 Å². The number of methoxy groups -OCH3 is 1. The summed E-state index contributed by atoms with van der Waals surface area (Å²) in [6.45, 7) is 0.913. The van der Waals surface area contributed by atoms with Gasteiger partial charge < -0.3 is 10.1 Å². The summed E-state index contributed by atoms with van der Waals surface area (Å²) in [5.74, 6) is 0.472. The Morgan fingerprint density at radius 2 is 2.56 bits per heavy atom. The quantitative estimate of drug-likeness (QED) is 0.818. The molecular formula is C12H17NO2S. The SMILES string of the molecule is COC(=O)C1CC(Cc2cccs2)CCN1. The van der Waals surface area contributed by atoms with Crippen LogP contribution in [0.1, 0.15) is 17.7 Å². The molecule has 0 amide bonds. The highest BCUT2D eigenvalue weighted by Gasteiger charge is 2.27. The molecule has 2 atom stereocenters. The molecule has 2 rings (SSSR count). The van der Waals surface area contributed by atoms with Crippen molar-refractivity contribution in [3.8, 4) is 0 Å².